The fraction of sp³-hybridized carbons (Fsp3) is 0. The molecule has 17 heavy (non-hydrogen) atoms. The molecule has 88 valence electrons. The van der Waals surface area contributed by atoms with Crippen LogP contribution < -0.4 is 4.74 Å². The van der Waals surface area contributed by atoms with Crippen molar-refractivity contribution in [2.45, 2.75) is 0 Å². The van der Waals surface area contributed by atoms with Crippen molar-refractivity contribution in [3.8, 4) is 11.6 Å². The standard InChI is InChI=1S/C9H3BrCl2FN3O/c10-5-3-4(13)1-2-6(5)17-8-7(11)15-16-9(12)14-8/h1-3H. The Kier molecular flexibility index (Phi) is 3.76. The summed E-state index contributed by atoms with van der Waals surface area (Å²) < 4.78 is 18.6. The second-order valence-electron chi connectivity index (χ2n) is 2.85. The number of ether oxygens (including phenoxy) is 1. The summed E-state index contributed by atoms with van der Waals surface area (Å²) >= 11 is 14.4. The van der Waals surface area contributed by atoms with E-state index in [-0.39, 0.29) is 16.3 Å². The molecule has 0 atom stereocenters. The first-order valence-electron chi connectivity index (χ1n) is 4.25. The molecule has 0 saturated carbocycles. The molecule has 0 unspecified atom stereocenters. The molecule has 0 amide bonds. The lowest BCUT2D eigenvalue weighted by molar-refractivity contribution is 0.453. The molecule has 0 aliphatic carbocycles. The monoisotopic (exact) mass is 337 g/mol. The molecule has 0 radical (unpaired) electrons. The van der Waals surface area contributed by atoms with Gasteiger partial charge in [0.25, 0.3) is 5.88 Å². The van der Waals surface area contributed by atoms with Crippen LogP contribution in [-0.2, 0) is 0 Å². The Hall–Kier alpha value is -0.980. The lowest BCUT2D eigenvalue weighted by atomic mass is 10.3. The van der Waals surface area contributed by atoms with E-state index in [2.05, 4.69) is 31.1 Å². The molecule has 0 bridgehead atoms. The van der Waals surface area contributed by atoms with Gasteiger partial charge < -0.3 is 4.74 Å². The van der Waals surface area contributed by atoms with E-state index in [9.17, 15) is 4.39 Å². The molecular weight excluding hydrogens is 336 g/mol. The van der Waals surface area contributed by atoms with E-state index < -0.39 is 5.82 Å². The first-order chi connectivity index (χ1) is 8.06. The molecule has 2 rings (SSSR count). The molecular formula is C9H3BrCl2FN3O. The number of hydrogen-bond donors (Lipinski definition) is 0. The van der Waals surface area contributed by atoms with E-state index in [1.54, 1.807) is 0 Å². The summed E-state index contributed by atoms with van der Waals surface area (Å²) in [5, 5.41) is 6.84. The van der Waals surface area contributed by atoms with Crippen molar-refractivity contribution in [3.63, 3.8) is 0 Å². The maximum Gasteiger partial charge on any atom is 0.262 e. The normalized spacial score (nSPS) is 10.4. The largest absolute Gasteiger partial charge is 0.435 e. The summed E-state index contributed by atoms with van der Waals surface area (Å²) in [4.78, 5) is 3.75. The Morgan fingerprint density at radius 1 is 1.24 bits per heavy atom. The molecule has 1 aromatic carbocycles. The SMILES string of the molecule is Fc1ccc(Oc2nc(Cl)nnc2Cl)c(Br)c1. The van der Waals surface area contributed by atoms with Crippen molar-refractivity contribution >= 4 is 39.1 Å². The van der Waals surface area contributed by atoms with Gasteiger partial charge in [0.15, 0.2) is 0 Å². The van der Waals surface area contributed by atoms with Crippen LogP contribution in [0.3, 0.4) is 0 Å². The number of aromatic nitrogens is 3. The Labute approximate surface area is 114 Å². The van der Waals surface area contributed by atoms with Crippen molar-refractivity contribution in [2.75, 3.05) is 0 Å². The van der Waals surface area contributed by atoms with E-state index >= 15 is 0 Å². The summed E-state index contributed by atoms with van der Waals surface area (Å²) in [6.07, 6.45) is 0. The Morgan fingerprint density at radius 3 is 2.71 bits per heavy atom. The third kappa shape index (κ3) is 3.02. The molecule has 1 aromatic heterocycles. The quantitative estimate of drug-likeness (QED) is 0.833. The highest BCUT2D eigenvalue weighted by Crippen LogP contribution is 2.31. The van der Waals surface area contributed by atoms with Gasteiger partial charge in [0.05, 0.1) is 4.47 Å². The minimum absolute atomic E-state index is 0.000949. The smallest absolute Gasteiger partial charge is 0.262 e. The van der Waals surface area contributed by atoms with Gasteiger partial charge in [-0.1, -0.05) is 11.6 Å². The molecule has 0 spiro atoms. The van der Waals surface area contributed by atoms with Gasteiger partial charge >= 0.3 is 0 Å². The Morgan fingerprint density at radius 2 is 2.00 bits per heavy atom. The number of halogens is 4. The third-order valence-corrected chi connectivity index (χ3v) is 2.71. The van der Waals surface area contributed by atoms with Crippen LogP contribution in [0.25, 0.3) is 0 Å². The number of hydrogen-bond acceptors (Lipinski definition) is 4. The summed E-state index contributed by atoms with van der Waals surface area (Å²) in [5.41, 5.74) is 0. The lowest BCUT2D eigenvalue weighted by Gasteiger charge is -2.07. The zero-order valence-corrected chi connectivity index (χ0v) is 11.1. The molecule has 0 saturated heterocycles. The van der Waals surface area contributed by atoms with E-state index in [4.69, 9.17) is 27.9 Å². The van der Waals surface area contributed by atoms with Gasteiger partial charge in [-0.2, -0.15) is 4.98 Å². The minimum atomic E-state index is -0.394. The maximum absolute atomic E-state index is 12.9. The summed E-state index contributed by atoms with van der Waals surface area (Å²) in [6, 6.07) is 3.91. The van der Waals surface area contributed by atoms with E-state index in [0.717, 1.165) is 0 Å². The zero-order valence-electron chi connectivity index (χ0n) is 7.99. The maximum atomic E-state index is 12.9. The van der Waals surface area contributed by atoms with Crippen LogP contribution in [-0.4, -0.2) is 15.2 Å². The van der Waals surface area contributed by atoms with E-state index in [0.29, 0.717) is 10.2 Å². The van der Waals surface area contributed by atoms with E-state index in [1.807, 2.05) is 0 Å². The predicted octanol–water partition coefficient (Wildman–Crippen LogP) is 3.87. The van der Waals surface area contributed by atoms with Crippen molar-refractivity contribution in [1.29, 1.82) is 0 Å². The second kappa shape index (κ2) is 5.12. The minimum Gasteiger partial charge on any atom is -0.435 e. The van der Waals surface area contributed by atoms with Crippen molar-refractivity contribution in [3.05, 3.63) is 38.9 Å². The van der Waals surface area contributed by atoms with Crippen LogP contribution in [0.15, 0.2) is 22.7 Å². The highest BCUT2D eigenvalue weighted by Gasteiger charge is 2.11. The summed E-state index contributed by atoms with van der Waals surface area (Å²) in [7, 11) is 0. The molecule has 0 N–H and O–H groups in total. The fourth-order valence-corrected chi connectivity index (χ4v) is 1.67. The van der Waals surface area contributed by atoms with Crippen LogP contribution in [0.5, 0.6) is 11.6 Å². The molecule has 8 heteroatoms. The van der Waals surface area contributed by atoms with Gasteiger partial charge in [-0.15, -0.1) is 10.2 Å². The predicted molar refractivity (Wildman–Crippen MR) is 64.0 cm³/mol. The molecule has 0 aliphatic heterocycles. The number of benzene rings is 1. The first-order valence-corrected chi connectivity index (χ1v) is 5.80. The Balaban J connectivity index is 2.34. The molecule has 0 fully saturated rings. The van der Waals surface area contributed by atoms with Gasteiger partial charge in [-0.05, 0) is 45.7 Å². The molecule has 4 nitrogen and oxygen atoms in total. The average Bonchev–Trinajstić information content (AvgIpc) is 2.27. The van der Waals surface area contributed by atoms with Crippen LogP contribution >= 0.6 is 39.1 Å². The van der Waals surface area contributed by atoms with Crippen LogP contribution in [0.4, 0.5) is 4.39 Å². The second-order valence-corrected chi connectivity index (χ2v) is 4.40. The first kappa shape index (κ1) is 12.5. The highest BCUT2D eigenvalue weighted by molar-refractivity contribution is 9.10. The van der Waals surface area contributed by atoms with Gasteiger partial charge in [-0.3, -0.25) is 0 Å². The fourth-order valence-electron chi connectivity index (χ4n) is 1.01. The number of rotatable bonds is 2. The lowest BCUT2D eigenvalue weighted by Crippen LogP contribution is -1.95. The molecule has 2 aromatic rings. The Bertz CT molecular complexity index is 570. The van der Waals surface area contributed by atoms with Crippen molar-refractivity contribution < 1.29 is 9.13 Å². The van der Waals surface area contributed by atoms with Gasteiger partial charge in [0.1, 0.15) is 11.6 Å². The average molecular weight is 339 g/mol. The van der Waals surface area contributed by atoms with Gasteiger partial charge in [-0.25, -0.2) is 4.39 Å². The van der Waals surface area contributed by atoms with Crippen molar-refractivity contribution in [2.24, 2.45) is 0 Å². The highest BCUT2D eigenvalue weighted by atomic mass is 79.9. The topological polar surface area (TPSA) is 47.9 Å². The number of nitrogens with zero attached hydrogens (tertiary/aromatic N) is 3. The van der Waals surface area contributed by atoms with E-state index in [1.165, 1.54) is 18.2 Å². The molecule has 1 heterocycles. The van der Waals surface area contributed by atoms with Crippen molar-refractivity contribution in [1.82, 2.24) is 15.2 Å². The third-order valence-electron chi connectivity index (χ3n) is 1.69. The van der Waals surface area contributed by atoms with Crippen LogP contribution in [0, 0.1) is 5.82 Å². The van der Waals surface area contributed by atoms with Gasteiger partial charge in [0, 0.05) is 0 Å². The van der Waals surface area contributed by atoms with Crippen LogP contribution in [0.1, 0.15) is 0 Å². The zero-order chi connectivity index (χ0) is 12.4. The summed E-state index contributed by atoms with van der Waals surface area (Å²) in [6.45, 7) is 0. The van der Waals surface area contributed by atoms with Crippen LogP contribution in [0.2, 0.25) is 10.4 Å². The molecule has 0 aliphatic rings. The van der Waals surface area contributed by atoms with Gasteiger partial charge in [0.2, 0.25) is 10.4 Å². The summed E-state index contributed by atoms with van der Waals surface area (Å²) in [5.74, 6) is -0.0574.